The molecule has 3 rings (SSSR count). The summed E-state index contributed by atoms with van der Waals surface area (Å²) in [6.45, 7) is 2.14. The predicted molar refractivity (Wildman–Crippen MR) is 68.5 cm³/mol. The Kier molecular flexibility index (Phi) is 2.58. The number of nitrogens with zero attached hydrogens (tertiary/aromatic N) is 1. The number of hydrogen-bond donors (Lipinski definition) is 2. The highest BCUT2D eigenvalue weighted by molar-refractivity contribution is 5.94. The number of rotatable bonds is 2. The summed E-state index contributed by atoms with van der Waals surface area (Å²) in [6.07, 6.45) is -0.793. The molecule has 2 N–H and O–H groups in total. The van der Waals surface area contributed by atoms with Crippen LogP contribution in [0.3, 0.4) is 0 Å². The summed E-state index contributed by atoms with van der Waals surface area (Å²) in [5.41, 5.74) is 2.89. The van der Waals surface area contributed by atoms with Crippen molar-refractivity contribution in [2.75, 3.05) is 16.8 Å². The normalized spacial score (nSPS) is 24.9. The fraction of sp³-hybridized carbons (Fsp3) is 0.385. The van der Waals surface area contributed by atoms with Gasteiger partial charge in [-0.3, -0.25) is 4.90 Å². The first-order valence-corrected chi connectivity index (χ1v) is 6.15. The first-order chi connectivity index (χ1) is 9.04. The fourth-order valence-electron chi connectivity index (χ4n) is 2.51. The molecule has 2 aliphatic rings. The van der Waals surface area contributed by atoms with E-state index in [-0.39, 0.29) is 6.54 Å². The number of cyclic esters (lactones) is 1. The van der Waals surface area contributed by atoms with Crippen molar-refractivity contribution >= 4 is 23.4 Å². The maximum atomic E-state index is 11.7. The number of carboxylic acid groups (broad SMARTS) is 1. The molecular weight excluding hydrogens is 248 g/mol. The molecule has 0 aromatic heterocycles. The van der Waals surface area contributed by atoms with Crippen molar-refractivity contribution in [1.29, 1.82) is 0 Å². The second-order valence-electron chi connectivity index (χ2n) is 4.91. The van der Waals surface area contributed by atoms with Gasteiger partial charge in [-0.05, 0) is 37.1 Å². The average Bonchev–Trinajstić information content (AvgIpc) is 2.90. The summed E-state index contributed by atoms with van der Waals surface area (Å²) in [5.74, 6) is -1.12. The van der Waals surface area contributed by atoms with Crippen molar-refractivity contribution in [2.24, 2.45) is 0 Å². The number of carbonyl (C=O) groups excluding carboxylic acids is 1. The molecule has 100 valence electrons. The van der Waals surface area contributed by atoms with Crippen LogP contribution in [-0.2, 0) is 16.0 Å². The van der Waals surface area contributed by atoms with Gasteiger partial charge < -0.3 is 15.2 Å². The summed E-state index contributed by atoms with van der Waals surface area (Å²) >= 11 is 0. The van der Waals surface area contributed by atoms with Crippen molar-refractivity contribution in [3.63, 3.8) is 0 Å². The Morgan fingerprint density at radius 3 is 3.00 bits per heavy atom. The van der Waals surface area contributed by atoms with Crippen LogP contribution in [0.4, 0.5) is 16.2 Å². The molecule has 0 saturated carbocycles. The minimum atomic E-state index is -1.12. The van der Waals surface area contributed by atoms with E-state index in [0.29, 0.717) is 11.7 Å². The van der Waals surface area contributed by atoms with E-state index in [2.05, 4.69) is 12.2 Å². The topological polar surface area (TPSA) is 78.9 Å². The van der Waals surface area contributed by atoms with Gasteiger partial charge in [0.25, 0.3) is 0 Å². The molecule has 2 aliphatic heterocycles. The van der Waals surface area contributed by atoms with Gasteiger partial charge in [0.1, 0.15) is 0 Å². The van der Waals surface area contributed by atoms with Gasteiger partial charge in [0.05, 0.1) is 6.54 Å². The second kappa shape index (κ2) is 4.15. The van der Waals surface area contributed by atoms with E-state index in [4.69, 9.17) is 9.84 Å². The van der Waals surface area contributed by atoms with E-state index in [1.165, 1.54) is 4.90 Å². The van der Waals surface area contributed by atoms with Crippen LogP contribution in [0.5, 0.6) is 0 Å². The van der Waals surface area contributed by atoms with Crippen molar-refractivity contribution < 1.29 is 19.4 Å². The molecule has 6 nitrogen and oxygen atoms in total. The van der Waals surface area contributed by atoms with E-state index in [1.807, 2.05) is 12.1 Å². The molecule has 1 fully saturated rings. The lowest BCUT2D eigenvalue weighted by atomic mass is 10.1. The molecule has 0 aliphatic carbocycles. The third-order valence-electron chi connectivity index (χ3n) is 3.42. The van der Waals surface area contributed by atoms with Crippen LogP contribution in [0.1, 0.15) is 12.5 Å². The number of anilines is 2. The average molecular weight is 262 g/mol. The number of benzene rings is 1. The van der Waals surface area contributed by atoms with Crippen LogP contribution in [0.25, 0.3) is 0 Å². The molecular formula is C13H14N2O4. The molecule has 0 radical (unpaired) electrons. The Balaban J connectivity index is 1.86. The maximum absolute atomic E-state index is 11.7. The lowest BCUT2D eigenvalue weighted by molar-refractivity contribution is -0.144. The first-order valence-electron chi connectivity index (χ1n) is 6.15. The van der Waals surface area contributed by atoms with Crippen LogP contribution in [0, 0.1) is 0 Å². The van der Waals surface area contributed by atoms with E-state index < -0.39 is 18.2 Å². The lowest BCUT2D eigenvalue weighted by Crippen LogP contribution is -2.27. The van der Waals surface area contributed by atoms with E-state index in [1.54, 1.807) is 6.07 Å². The minimum Gasteiger partial charge on any atom is -0.478 e. The molecule has 19 heavy (non-hydrogen) atoms. The molecule has 0 bridgehead atoms. The van der Waals surface area contributed by atoms with Crippen molar-refractivity contribution in [3.05, 3.63) is 23.8 Å². The molecule has 1 amide bonds. The molecule has 6 heteroatoms. The largest absolute Gasteiger partial charge is 0.478 e. The Morgan fingerprint density at radius 1 is 1.53 bits per heavy atom. The number of aliphatic carboxylic acids is 1. The SMILES string of the molecule is C[C@@H]1Cc2cc(N3C[C@H](C(=O)O)OC3=O)ccc2N1. The maximum Gasteiger partial charge on any atom is 0.415 e. The zero-order valence-electron chi connectivity index (χ0n) is 10.4. The summed E-state index contributed by atoms with van der Waals surface area (Å²) in [4.78, 5) is 23.9. The van der Waals surface area contributed by atoms with Crippen LogP contribution in [0.15, 0.2) is 18.2 Å². The summed E-state index contributed by atoms with van der Waals surface area (Å²) in [6, 6.07) is 6.00. The highest BCUT2D eigenvalue weighted by atomic mass is 16.6. The summed E-state index contributed by atoms with van der Waals surface area (Å²) in [7, 11) is 0. The smallest absolute Gasteiger partial charge is 0.415 e. The van der Waals surface area contributed by atoms with Gasteiger partial charge in [0.15, 0.2) is 0 Å². The Hall–Kier alpha value is -2.24. The molecule has 1 saturated heterocycles. The quantitative estimate of drug-likeness (QED) is 0.843. The van der Waals surface area contributed by atoms with Crippen molar-refractivity contribution in [3.8, 4) is 0 Å². The van der Waals surface area contributed by atoms with E-state index >= 15 is 0 Å². The van der Waals surface area contributed by atoms with Gasteiger partial charge in [0.2, 0.25) is 6.10 Å². The lowest BCUT2D eigenvalue weighted by Gasteiger charge is -2.13. The standard InChI is InChI=1S/C13H14N2O4/c1-7-4-8-5-9(2-3-10(8)14-7)15-6-11(12(16)17)19-13(15)18/h2-3,5,7,11,14H,4,6H2,1H3,(H,16,17)/t7-,11-/m1/s1. The fourth-order valence-corrected chi connectivity index (χ4v) is 2.51. The number of ether oxygens (including phenoxy) is 1. The Labute approximate surface area is 110 Å². The van der Waals surface area contributed by atoms with Gasteiger partial charge in [-0.2, -0.15) is 0 Å². The Morgan fingerprint density at radius 2 is 2.32 bits per heavy atom. The molecule has 2 heterocycles. The van der Waals surface area contributed by atoms with Crippen molar-refractivity contribution in [2.45, 2.75) is 25.5 Å². The third-order valence-corrected chi connectivity index (χ3v) is 3.42. The van der Waals surface area contributed by atoms with Gasteiger partial charge in [-0.25, -0.2) is 9.59 Å². The molecule has 0 spiro atoms. The van der Waals surface area contributed by atoms with Crippen molar-refractivity contribution in [1.82, 2.24) is 0 Å². The number of carboxylic acids is 1. The number of amides is 1. The highest BCUT2D eigenvalue weighted by Crippen LogP contribution is 2.31. The second-order valence-corrected chi connectivity index (χ2v) is 4.91. The zero-order chi connectivity index (χ0) is 13.6. The molecule has 0 unspecified atom stereocenters. The van der Waals surface area contributed by atoms with E-state index in [0.717, 1.165) is 17.7 Å². The third kappa shape index (κ3) is 1.99. The van der Waals surface area contributed by atoms with Crippen LogP contribution >= 0.6 is 0 Å². The monoisotopic (exact) mass is 262 g/mol. The van der Waals surface area contributed by atoms with Crippen LogP contribution in [0.2, 0.25) is 0 Å². The van der Waals surface area contributed by atoms with Crippen LogP contribution < -0.4 is 10.2 Å². The molecule has 2 atom stereocenters. The number of fused-ring (bicyclic) bond motifs is 1. The van der Waals surface area contributed by atoms with Gasteiger partial charge in [0, 0.05) is 17.4 Å². The van der Waals surface area contributed by atoms with E-state index in [9.17, 15) is 9.59 Å². The number of carbonyl (C=O) groups is 2. The molecule has 1 aromatic rings. The summed E-state index contributed by atoms with van der Waals surface area (Å²) < 4.78 is 4.80. The highest BCUT2D eigenvalue weighted by Gasteiger charge is 2.37. The van der Waals surface area contributed by atoms with Gasteiger partial charge in [-0.15, -0.1) is 0 Å². The minimum absolute atomic E-state index is 0.0515. The zero-order valence-corrected chi connectivity index (χ0v) is 10.4. The Bertz CT molecular complexity index is 558. The number of hydrogen-bond acceptors (Lipinski definition) is 4. The number of nitrogens with one attached hydrogen (secondary N) is 1. The predicted octanol–water partition coefficient (Wildman–Crippen LogP) is 1.45. The van der Waals surface area contributed by atoms with Gasteiger partial charge >= 0.3 is 12.1 Å². The van der Waals surface area contributed by atoms with Gasteiger partial charge in [-0.1, -0.05) is 0 Å². The van der Waals surface area contributed by atoms with Crippen LogP contribution in [-0.4, -0.2) is 35.9 Å². The summed E-state index contributed by atoms with van der Waals surface area (Å²) in [5, 5.41) is 12.2. The first kappa shape index (κ1) is 11.8. The molecule has 1 aromatic carbocycles.